The molecule has 0 aliphatic heterocycles. The normalized spacial score (nSPS) is 11.0. The number of sulfone groups is 1. The number of carbonyl (C=O) groups excluding carboxylic acids is 1. The van der Waals surface area contributed by atoms with Gasteiger partial charge in [0.25, 0.3) is 0 Å². The fourth-order valence-electron chi connectivity index (χ4n) is 1.87. The number of carbonyl (C=O) groups is 1. The Morgan fingerprint density at radius 3 is 2.61 bits per heavy atom. The van der Waals surface area contributed by atoms with Crippen molar-refractivity contribution in [2.75, 3.05) is 17.7 Å². The van der Waals surface area contributed by atoms with E-state index < -0.39 is 15.9 Å². The molecule has 1 aromatic heterocycles. The van der Waals surface area contributed by atoms with Crippen molar-refractivity contribution in [1.82, 2.24) is 4.98 Å². The van der Waals surface area contributed by atoms with Crippen molar-refractivity contribution in [3.63, 3.8) is 0 Å². The maximum atomic E-state index is 12.1. The maximum absolute atomic E-state index is 12.1. The Labute approximate surface area is 135 Å². The first-order valence-electron chi connectivity index (χ1n) is 7.10. The van der Waals surface area contributed by atoms with E-state index in [1.54, 1.807) is 42.6 Å². The lowest BCUT2D eigenvalue weighted by Gasteiger charge is -2.07. The topological polar surface area (TPSA) is 85.4 Å². The van der Waals surface area contributed by atoms with Gasteiger partial charge in [-0.2, -0.15) is 0 Å². The van der Waals surface area contributed by atoms with Crippen LogP contribution in [0.3, 0.4) is 0 Å². The fraction of sp³-hybridized carbons (Fsp3) is 0.250. The van der Waals surface area contributed by atoms with Crippen LogP contribution in [-0.4, -0.2) is 31.9 Å². The molecule has 0 radical (unpaired) electrons. The highest BCUT2D eigenvalue weighted by Crippen LogP contribution is 2.13. The number of rotatable bonds is 6. The molecule has 23 heavy (non-hydrogen) atoms. The van der Waals surface area contributed by atoms with Crippen molar-refractivity contribution < 1.29 is 17.9 Å². The molecule has 1 N–H and O–H groups in total. The van der Waals surface area contributed by atoms with Crippen molar-refractivity contribution in [3.8, 4) is 0 Å². The minimum atomic E-state index is -3.36. The SMILES string of the molecule is Cc1ccc(S(=O)(=O)CCCOC(=O)Nc2cccnc2)cc1. The zero-order valence-corrected chi connectivity index (χ0v) is 13.5. The van der Waals surface area contributed by atoms with Crippen LogP contribution in [0.15, 0.2) is 53.7 Å². The lowest BCUT2D eigenvalue weighted by Crippen LogP contribution is -2.16. The first-order valence-corrected chi connectivity index (χ1v) is 8.76. The third-order valence-corrected chi connectivity index (χ3v) is 4.90. The van der Waals surface area contributed by atoms with Crippen LogP contribution in [0.25, 0.3) is 0 Å². The summed E-state index contributed by atoms with van der Waals surface area (Å²) in [5.74, 6) is -0.0732. The second kappa shape index (κ2) is 7.73. The Hall–Kier alpha value is -2.41. The van der Waals surface area contributed by atoms with E-state index in [-0.39, 0.29) is 23.7 Å². The quantitative estimate of drug-likeness (QED) is 0.821. The van der Waals surface area contributed by atoms with Crippen LogP contribution in [0.4, 0.5) is 10.5 Å². The summed E-state index contributed by atoms with van der Waals surface area (Å²) >= 11 is 0. The molecule has 0 aliphatic rings. The van der Waals surface area contributed by atoms with Gasteiger partial charge in [-0.15, -0.1) is 0 Å². The second-order valence-corrected chi connectivity index (χ2v) is 7.10. The molecular formula is C16H18N2O4S. The van der Waals surface area contributed by atoms with E-state index in [0.29, 0.717) is 5.69 Å². The Morgan fingerprint density at radius 2 is 1.96 bits per heavy atom. The molecule has 2 aromatic rings. The Kier molecular flexibility index (Phi) is 5.70. The number of ether oxygens (including phenoxy) is 1. The summed E-state index contributed by atoms with van der Waals surface area (Å²) in [4.78, 5) is 15.7. The highest BCUT2D eigenvalue weighted by atomic mass is 32.2. The van der Waals surface area contributed by atoms with Crippen LogP contribution in [0.1, 0.15) is 12.0 Å². The molecular weight excluding hydrogens is 316 g/mol. The van der Waals surface area contributed by atoms with Crippen LogP contribution < -0.4 is 5.32 Å². The lowest BCUT2D eigenvalue weighted by molar-refractivity contribution is 0.162. The van der Waals surface area contributed by atoms with Crippen molar-refractivity contribution in [1.29, 1.82) is 0 Å². The first kappa shape index (κ1) is 17.0. The third-order valence-electron chi connectivity index (χ3n) is 3.08. The summed E-state index contributed by atoms with van der Waals surface area (Å²) in [6.07, 6.45) is 2.68. The number of pyridine rings is 1. The van der Waals surface area contributed by atoms with Gasteiger partial charge in [0.2, 0.25) is 0 Å². The molecule has 6 nitrogen and oxygen atoms in total. The highest BCUT2D eigenvalue weighted by molar-refractivity contribution is 7.91. The van der Waals surface area contributed by atoms with Crippen LogP contribution in [0, 0.1) is 6.92 Å². The van der Waals surface area contributed by atoms with Gasteiger partial charge < -0.3 is 4.74 Å². The van der Waals surface area contributed by atoms with Crippen LogP contribution in [-0.2, 0) is 14.6 Å². The van der Waals surface area contributed by atoms with Crippen LogP contribution >= 0.6 is 0 Å². The number of hydrogen-bond acceptors (Lipinski definition) is 5. The summed E-state index contributed by atoms with van der Waals surface area (Å²) in [6, 6.07) is 10.0. The number of benzene rings is 1. The third kappa shape index (κ3) is 5.37. The largest absolute Gasteiger partial charge is 0.449 e. The number of aryl methyl sites for hydroxylation is 1. The summed E-state index contributed by atoms with van der Waals surface area (Å²) in [7, 11) is -3.36. The number of amides is 1. The average molecular weight is 334 g/mol. The van der Waals surface area contributed by atoms with E-state index in [4.69, 9.17) is 4.74 Å². The minimum absolute atomic E-state index is 0.0250. The summed E-state index contributed by atoms with van der Waals surface area (Å²) in [6.45, 7) is 1.92. The molecule has 0 spiro atoms. The predicted octanol–water partition coefficient (Wildman–Crippen LogP) is 2.80. The maximum Gasteiger partial charge on any atom is 0.411 e. The molecule has 0 fully saturated rings. The van der Waals surface area contributed by atoms with Crippen molar-refractivity contribution in [2.24, 2.45) is 0 Å². The molecule has 1 aromatic carbocycles. The van der Waals surface area contributed by atoms with Crippen LogP contribution in [0.2, 0.25) is 0 Å². The Morgan fingerprint density at radius 1 is 1.22 bits per heavy atom. The minimum Gasteiger partial charge on any atom is -0.449 e. The monoisotopic (exact) mass is 334 g/mol. The smallest absolute Gasteiger partial charge is 0.411 e. The van der Waals surface area contributed by atoms with Gasteiger partial charge in [-0.05, 0) is 37.6 Å². The van der Waals surface area contributed by atoms with E-state index in [1.165, 1.54) is 6.20 Å². The predicted molar refractivity (Wildman–Crippen MR) is 87.1 cm³/mol. The summed E-state index contributed by atoms with van der Waals surface area (Å²) < 4.78 is 29.2. The van der Waals surface area contributed by atoms with Gasteiger partial charge >= 0.3 is 6.09 Å². The number of anilines is 1. The van der Waals surface area contributed by atoms with Crippen molar-refractivity contribution in [3.05, 3.63) is 54.4 Å². The van der Waals surface area contributed by atoms with Gasteiger partial charge in [0, 0.05) is 6.20 Å². The van der Waals surface area contributed by atoms with Crippen molar-refractivity contribution in [2.45, 2.75) is 18.2 Å². The Bertz CT molecular complexity index is 743. The molecule has 0 bridgehead atoms. The standard InChI is InChI=1S/C16H18N2O4S/c1-13-5-7-15(8-6-13)23(20,21)11-3-10-22-16(19)18-14-4-2-9-17-12-14/h2,4-9,12H,3,10-11H2,1H3,(H,18,19). The highest BCUT2D eigenvalue weighted by Gasteiger charge is 2.14. The molecule has 0 unspecified atom stereocenters. The zero-order valence-electron chi connectivity index (χ0n) is 12.7. The van der Waals surface area contributed by atoms with Gasteiger partial charge in [-0.1, -0.05) is 17.7 Å². The lowest BCUT2D eigenvalue weighted by atomic mass is 10.2. The molecule has 0 atom stereocenters. The number of nitrogens with one attached hydrogen (secondary N) is 1. The zero-order chi connectivity index (χ0) is 16.7. The van der Waals surface area contributed by atoms with Crippen molar-refractivity contribution >= 4 is 21.6 Å². The molecule has 0 saturated carbocycles. The van der Waals surface area contributed by atoms with E-state index in [0.717, 1.165) is 5.56 Å². The summed E-state index contributed by atoms with van der Waals surface area (Å²) in [5.41, 5.74) is 1.52. The van der Waals surface area contributed by atoms with Gasteiger partial charge in [-0.3, -0.25) is 10.3 Å². The first-order chi connectivity index (χ1) is 11.0. The van der Waals surface area contributed by atoms with Gasteiger partial charge in [0.15, 0.2) is 9.84 Å². The van der Waals surface area contributed by atoms with E-state index >= 15 is 0 Å². The molecule has 0 saturated heterocycles. The average Bonchev–Trinajstić information content (AvgIpc) is 2.53. The molecule has 7 heteroatoms. The second-order valence-electron chi connectivity index (χ2n) is 4.99. The fourth-order valence-corrected chi connectivity index (χ4v) is 3.15. The van der Waals surface area contributed by atoms with Gasteiger partial charge in [0.1, 0.15) is 0 Å². The Balaban J connectivity index is 1.76. The number of aromatic nitrogens is 1. The van der Waals surface area contributed by atoms with E-state index in [2.05, 4.69) is 10.3 Å². The van der Waals surface area contributed by atoms with Crippen LogP contribution in [0.5, 0.6) is 0 Å². The molecule has 1 heterocycles. The number of hydrogen-bond donors (Lipinski definition) is 1. The van der Waals surface area contributed by atoms with E-state index in [9.17, 15) is 13.2 Å². The van der Waals surface area contributed by atoms with Gasteiger partial charge in [0.05, 0.1) is 29.1 Å². The van der Waals surface area contributed by atoms with Gasteiger partial charge in [-0.25, -0.2) is 13.2 Å². The molecule has 0 aliphatic carbocycles. The molecule has 1 amide bonds. The molecule has 122 valence electrons. The molecule has 2 rings (SSSR count). The summed E-state index contributed by atoms with van der Waals surface area (Å²) in [5, 5.41) is 2.50. The number of nitrogens with zero attached hydrogens (tertiary/aromatic N) is 1. The van der Waals surface area contributed by atoms with E-state index in [1.807, 2.05) is 6.92 Å².